The van der Waals surface area contributed by atoms with Gasteiger partial charge >= 0.3 is 0 Å². The molecule has 0 spiro atoms. The Kier molecular flexibility index (Phi) is 7.39. The van der Waals surface area contributed by atoms with Gasteiger partial charge in [-0.2, -0.15) is 0 Å². The summed E-state index contributed by atoms with van der Waals surface area (Å²) in [6.45, 7) is 2.13. The Morgan fingerprint density at radius 3 is 2.31 bits per heavy atom. The number of hydrogen-bond donors (Lipinski definition) is 3. The van der Waals surface area contributed by atoms with Gasteiger partial charge in [-0.3, -0.25) is 9.59 Å². The molecule has 176 valence electrons. The highest BCUT2D eigenvalue weighted by Gasteiger charge is 2.15. The number of aryl methyl sites for hydroxylation is 1. The maximum absolute atomic E-state index is 13.1. The predicted octanol–water partition coefficient (Wildman–Crippen LogP) is 6.86. The van der Waals surface area contributed by atoms with Gasteiger partial charge in [-0.15, -0.1) is 0 Å². The quantitative estimate of drug-likeness (QED) is 0.268. The average Bonchev–Trinajstić information content (AvgIpc) is 2.85. The second-order valence-electron chi connectivity index (χ2n) is 8.02. The summed E-state index contributed by atoms with van der Waals surface area (Å²) in [7, 11) is 0. The summed E-state index contributed by atoms with van der Waals surface area (Å²) in [6.07, 6.45) is 0. The van der Waals surface area contributed by atoms with Crippen LogP contribution in [-0.2, 0) is 6.54 Å². The van der Waals surface area contributed by atoms with Crippen LogP contribution in [0.5, 0.6) is 5.75 Å². The molecule has 4 rings (SSSR count). The zero-order valence-corrected chi connectivity index (χ0v) is 20.3. The first-order valence-corrected chi connectivity index (χ1v) is 11.6. The van der Waals surface area contributed by atoms with E-state index in [1.54, 1.807) is 36.4 Å². The zero-order chi connectivity index (χ0) is 24.9. The third kappa shape index (κ3) is 5.83. The van der Waals surface area contributed by atoms with Crippen LogP contribution in [-0.4, -0.2) is 16.9 Å². The van der Waals surface area contributed by atoms with Crippen molar-refractivity contribution >= 4 is 40.7 Å². The molecule has 0 aromatic heterocycles. The van der Waals surface area contributed by atoms with Crippen LogP contribution in [0.4, 0.5) is 5.69 Å². The molecule has 0 heterocycles. The summed E-state index contributed by atoms with van der Waals surface area (Å²) in [5.41, 5.74) is 4.64. The van der Waals surface area contributed by atoms with Gasteiger partial charge in [0.25, 0.3) is 11.8 Å². The molecule has 0 aliphatic carbocycles. The number of aromatic hydroxyl groups is 1. The molecule has 5 nitrogen and oxygen atoms in total. The summed E-state index contributed by atoms with van der Waals surface area (Å²) in [5, 5.41) is 16.1. The Balaban J connectivity index is 1.47. The van der Waals surface area contributed by atoms with Crippen LogP contribution in [0.25, 0.3) is 11.1 Å². The van der Waals surface area contributed by atoms with E-state index in [9.17, 15) is 14.7 Å². The normalized spacial score (nSPS) is 10.6. The van der Waals surface area contributed by atoms with Gasteiger partial charge in [0, 0.05) is 28.3 Å². The van der Waals surface area contributed by atoms with Crippen LogP contribution < -0.4 is 10.6 Å². The lowest BCUT2D eigenvalue weighted by Crippen LogP contribution is -2.23. The van der Waals surface area contributed by atoms with E-state index in [0.29, 0.717) is 27.4 Å². The van der Waals surface area contributed by atoms with Gasteiger partial charge in [0.15, 0.2) is 0 Å². The van der Waals surface area contributed by atoms with E-state index in [1.807, 2.05) is 43.3 Å². The molecule has 0 aliphatic heterocycles. The van der Waals surface area contributed by atoms with Crippen LogP contribution in [0, 0.1) is 6.92 Å². The number of nitrogens with one attached hydrogen (secondary N) is 2. The van der Waals surface area contributed by atoms with E-state index >= 15 is 0 Å². The average molecular weight is 505 g/mol. The lowest BCUT2D eigenvalue weighted by atomic mass is 9.98. The molecule has 0 bridgehead atoms. The fourth-order valence-electron chi connectivity index (χ4n) is 3.58. The SMILES string of the molecule is Cc1ccc(-c2ccccc2C(=O)Nc2ccc(C(=O)NCc3ccc(Cl)cc3O)cc2Cl)cc1. The summed E-state index contributed by atoms with van der Waals surface area (Å²) in [6, 6.07) is 24.6. The standard InChI is InChI=1S/C28H22Cl2N2O3/c1-17-6-8-18(9-7-17)22-4-2-3-5-23(22)28(35)32-25-13-11-19(14-24(25)30)27(34)31-16-20-10-12-21(29)15-26(20)33/h2-15,33H,16H2,1H3,(H,31,34)(H,32,35). The monoisotopic (exact) mass is 504 g/mol. The zero-order valence-electron chi connectivity index (χ0n) is 18.8. The number of anilines is 1. The van der Waals surface area contributed by atoms with Crippen LogP contribution in [0.2, 0.25) is 10.0 Å². The van der Waals surface area contributed by atoms with Crippen molar-refractivity contribution in [3.63, 3.8) is 0 Å². The van der Waals surface area contributed by atoms with Gasteiger partial charge in [-0.05, 0) is 54.4 Å². The lowest BCUT2D eigenvalue weighted by molar-refractivity contribution is 0.0950. The van der Waals surface area contributed by atoms with Crippen LogP contribution >= 0.6 is 23.2 Å². The first-order valence-electron chi connectivity index (χ1n) is 10.8. The molecule has 2 amide bonds. The Morgan fingerprint density at radius 1 is 0.857 bits per heavy atom. The second-order valence-corrected chi connectivity index (χ2v) is 8.86. The van der Waals surface area contributed by atoms with Crippen molar-refractivity contribution < 1.29 is 14.7 Å². The van der Waals surface area contributed by atoms with E-state index < -0.39 is 0 Å². The largest absolute Gasteiger partial charge is 0.508 e. The van der Waals surface area contributed by atoms with Crippen molar-refractivity contribution in [3.8, 4) is 16.9 Å². The molecule has 35 heavy (non-hydrogen) atoms. The molecule has 7 heteroatoms. The number of carbonyl (C=O) groups is 2. The molecule has 0 saturated heterocycles. The number of rotatable bonds is 6. The Labute approximate surface area is 213 Å². The van der Waals surface area contributed by atoms with Crippen LogP contribution in [0.3, 0.4) is 0 Å². The van der Waals surface area contributed by atoms with E-state index in [4.69, 9.17) is 23.2 Å². The molecule has 0 unspecified atom stereocenters. The van der Waals surface area contributed by atoms with Crippen molar-refractivity contribution in [2.24, 2.45) is 0 Å². The van der Waals surface area contributed by atoms with Crippen molar-refractivity contribution in [1.82, 2.24) is 5.32 Å². The number of halogens is 2. The molecule has 0 saturated carbocycles. The van der Waals surface area contributed by atoms with Gasteiger partial charge in [0.1, 0.15) is 5.75 Å². The van der Waals surface area contributed by atoms with Crippen molar-refractivity contribution in [3.05, 3.63) is 117 Å². The molecule has 0 fully saturated rings. The van der Waals surface area contributed by atoms with Crippen LogP contribution in [0.15, 0.2) is 84.9 Å². The molecule has 4 aromatic rings. The molecule has 0 aliphatic rings. The number of benzene rings is 4. The molecular weight excluding hydrogens is 483 g/mol. The van der Waals surface area contributed by atoms with Gasteiger partial charge in [-0.25, -0.2) is 0 Å². The fourth-order valence-corrected chi connectivity index (χ4v) is 3.97. The first-order chi connectivity index (χ1) is 16.8. The van der Waals surface area contributed by atoms with E-state index in [2.05, 4.69) is 10.6 Å². The van der Waals surface area contributed by atoms with Crippen molar-refractivity contribution in [2.75, 3.05) is 5.32 Å². The maximum Gasteiger partial charge on any atom is 0.256 e. The third-order valence-electron chi connectivity index (χ3n) is 5.50. The Hall–Kier alpha value is -3.80. The first kappa shape index (κ1) is 24.3. The molecular formula is C28H22Cl2N2O3. The highest BCUT2D eigenvalue weighted by Crippen LogP contribution is 2.28. The van der Waals surface area contributed by atoms with Crippen molar-refractivity contribution in [1.29, 1.82) is 0 Å². The maximum atomic E-state index is 13.1. The fraction of sp³-hybridized carbons (Fsp3) is 0.0714. The van der Waals surface area contributed by atoms with Gasteiger partial charge in [-0.1, -0.05) is 77.3 Å². The summed E-state index contributed by atoms with van der Waals surface area (Å²) < 4.78 is 0. The topological polar surface area (TPSA) is 78.4 Å². The minimum atomic E-state index is -0.371. The van der Waals surface area contributed by atoms with E-state index in [1.165, 1.54) is 12.1 Å². The van der Waals surface area contributed by atoms with Crippen LogP contribution in [0.1, 0.15) is 31.8 Å². The van der Waals surface area contributed by atoms with Crippen molar-refractivity contribution in [2.45, 2.75) is 13.5 Å². The van der Waals surface area contributed by atoms with E-state index in [0.717, 1.165) is 16.7 Å². The second kappa shape index (κ2) is 10.6. The Bertz CT molecular complexity index is 1400. The number of hydrogen-bond acceptors (Lipinski definition) is 3. The molecule has 0 atom stereocenters. The minimum Gasteiger partial charge on any atom is -0.508 e. The summed E-state index contributed by atoms with van der Waals surface area (Å²) >= 11 is 12.2. The number of phenols is 1. The molecule has 3 N–H and O–H groups in total. The predicted molar refractivity (Wildman–Crippen MR) is 140 cm³/mol. The highest BCUT2D eigenvalue weighted by molar-refractivity contribution is 6.34. The highest BCUT2D eigenvalue weighted by atomic mass is 35.5. The smallest absolute Gasteiger partial charge is 0.256 e. The number of phenolic OH excluding ortho intramolecular Hbond substituents is 1. The van der Waals surface area contributed by atoms with Gasteiger partial charge in [0.05, 0.1) is 10.7 Å². The Morgan fingerprint density at radius 2 is 1.60 bits per heavy atom. The third-order valence-corrected chi connectivity index (χ3v) is 6.05. The number of carbonyl (C=O) groups excluding carboxylic acids is 2. The van der Waals surface area contributed by atoms with Gasteiger partial charge < -0.3 is 15.7 Å². The lowest BCUT2D eigenvalue weighted by Gasteiger charge is -2.13. The van der Waals surface area contributed by atoms with Gasteiger partial charge in [0.2, 0.25) is 0 Å². The molecule has 0 radical (unpaired) electrons. The summed E-state index contributed by atoms with van der Waals surface area (Å²) in [5.74, 6) is -0.679. The van der Waals surface area contributed by atoms with E-state index in [-0.39, 0.29) is 29.1 Å². The summed E-state index contributed by atoms with van der Waals surface area (Å²) in [4.78, 5) is 25.6. The number of amides is 2. The minimum absolute atomic E-state index is 0.000175. The molecule has 4 aromatic carbocycles.